The maximum Gasteiger partial charge on any atom is 0.246 e. The van der Waals surface area contributed by atoms with Crippen molar-refractivity contribution in [1.29, 1.82) is 0 Å². The summed E-state index contributed by atoms with van der Waals surface area (Å²) in [5, 5.41) is 0. The van der Waals surface area contributed by atoms with Crippen LogP contribution in [0.3, 0.4) is 0 Å². The molecule has 1 aliphatic rings. The zero-order valence-corrected chi connectivity index (χ0v) is 11.1. The molecular formula is C15H18N2O2. The highest BCUT2D eigenvalue weighted by Crippen LogP contribution is 2.16. The van der Waals surface area contributed by atoms with Gasteiger partial charge in [0.1, 0.15) is 6.04 Å². The van der Waals surface area contributed by atoms with Crippen molar-refractivity contribution in [3.05, 3.63) is 48.6 Å². The van der Waals surface area contributed by atoms with Crippen LogP contribution in [0.1, 0.15) is 5.56 Å². The average molecular weight is 258 g/mol. The van der Waals surface area contributed by atoms with E-state index >= 15 is 0 Å². The predicted octanol–water partition coefficient (Wildman–Crippen LogP) is 1.08. The normalized spacial score (nSPS) is 19.4. The van der Waals surface area contributed by atoms with E-state index in [0.29, 0.717) is 19.5 Å². The highest BCUT2D eigenvalue weighted by Gasteiger charge is 2.34. The van der Waals surface area contributed by atoms with E-state index in [9.17, 15) is 9.59 Å². The van der Waals surface area contributed by atoms with Crippen LogP contribution >= 0.6 is 0 Å². The fourth-order valence-corrected chi connectivity index (χ4v) is 2.33. The summed E-state index contributed by atoms with van der Waals surface area (Å²) in [6, 6.07) is 9.33. The fourth-order valence-electron chi connectivity index (χ4n) is 2.33. The molecule has 1 unspecified atom stereocenters. The molecule has 19 heavy (non-hydrogen) atoms. The molecule has 1 aliphatic heterocycles. The number of rotatable bonds is 3. The van der Waals surface area contributed by atoms with E-state index in [2.05, 4.69) is 6.58 Å². The van der Waals surface area contributed by atoms with Crippen LogP contribution < -0.4 is 0 Å². The molecule has 0 radical (unpaired) electrons. The van der Waals surface area contributed by atoms with E-state index in [1.165, 1.54) is 6.08 Å². The van der Waals surface area contributed by atoms with Gasteiger partial charge in [-0.2, -0.15) is 0 Å². The monoisotopic (exact) mass is 258 g/mol. The van der Waals surface area contributed by atoms with E-state index in [-0.39, 0.29) is 11.8 Å². The third-order valence-electron chi connectivity index (χ3n) is 3.44. The molecule has 4 nitrogen and oxygen atoms in total. The summed E-state index contributed by atoms with van der Waals surface area (Å²) in [4.78, 5) is 27.4. The summed E-state index contributed by atoms with van der Waals surface area (Å²) in [6.45, 7) is 4.64. The lowest BCUT2D eigenvalue weighted by Gasteiger charge is -2.38. The maximum absolute atomic E-state index is 12.3. The summed E-state index contributed by atoms with van der Waals surface area (Å²) in [7, 11) is 1.77. The van der Waals surface area contributed by atoms with Crippen LogP contribution in [0.15, 0.2) is 43.0 Å². The van der Waals surface area contributed by atoms with E-state index in [1.54, 1.807) is 16.8 Å². The number of carbonyl (C=O) groups is 2. The van der Waals surface area contributed by atoms with Crippen LogP contribution in [0.2, 0.25) is 0 Å². The number of likely N-dealkylation sites (N-methyl/N-ethyl adjacent to an activating group) is 1. The Labute approximate surface area is 113 Å². The Morgan fingerprint density at radius 3 is 2.68 bits per heavy atom. The number of hydrogen-bond donors (Lipinski definition) is 0. The third-order valence-corrected chi connectivity index (χ3v) is 3.44. The second-order valence-corrected chi connectivity index (χ2v) is 4.70. The Balaban J connectivity index is 2.22. The molecule has 0 N–H and O–H groups in total. The van der Waals surface area contributed by atoms with E-state index in [4.69, 9.17) is 0 Å². The van der Waals surface area contributed by atoms with Gasteiger partial charge >= 0.3 is 0 Å². The third kappa shape index (κ3) is 2.84. The van der Waals surface area contributed by atoms with Crippen molar-refractivity contribution in [2.75, 3.05) is 20.1 Å². The number of nitrogens with zero attached hydrogens (tertiary/aromatic N) is 2. The SMILES string of the molecule is C=CC(=O)N1CCN(C)C(=O)C1Cc1ccccc1. The lowest BCUT2D eigenvalue weighted by molar-refractivity contribution is -0.147. The minimum atomic E-state index is -0.424. The molecule has 1 saturated heterocycles. The Morgan fingerprint density at radius 1 is 1.37 bits per heavy atom. The Hall–Kier alpha value is -2.10. The Bertz CT molecular complexity index is 484. The first kappa shape index (κ1) is 13.3. The van der Waals surface area contributed by atoms with Gasteiger partial charge in [-0.25, -0.2) is 0 Å². The molecule has 1 aromatic carbocycles. The van der Waals surface area contributed by atoms with Crippen molar-refractivity contribution in [1.82, 2.24) is 9.80 Å². The summed E-state index contributed by atoms with van der Waals surface area (Å²) < 4.78 is 0. The topological polar surface area (TPSA) is 40.6 Å². The maximum atomic E-state index is 12.3. The highest BCUT2D eigenvalue weighted by atomic mass is 16.2. The standard InChI is InChI=1S/C15H18N2O2/c1-3-14(18)17-10-9-16(2)15(19)13(17)11-12-7-5-4-6-8-12/h3-8,13H,1,9-11H2,2H3. The predicted molar refractivity (Wildman–Crippen MR) is 73.5 cm³/mol. The molecule has 0 spiro atoms. The van der Waals surface area contributed by atoms with Gasteiger partial charge in [0, 0.05) is 26.6 Å². The van der Waals surface area contributed by atoms with Crippen LogP contribution in [0.25, 0.3) is 0 Å². The average Bonchev–Trinajstić information content (AvgIpc) is 2.44. The first-order chi connectivity index (χ1) is 9.13. The number of amides is 2. The fraction of sp³-hybridized carbons (Fsp3) is 0.333. The molecule has 1 atom stereocenters. The second kappa shape index (κ2) is 5.69. The Morgan fingerprint density at radius 2 is 2.05 bits per heavy atom. The van der Waals surface area contributed by atoms with E-state index in [0.717, 1.165) is 5.56 Å². The lowest BCUT2D eigenvalue weighted by atomic mass is 10.0. The van der Waals surface area contributed by atoms with Gasteiger partial charge in [-0.1, -0.05) is 36.9 Å². The van der Waals surface area contributed by atoms with Crippen molar-refractivity contribution < 1.29 is 9.59 Å². The largest absolute Gasteiger partial charge is 0.342 e. The summed E-state index contributed by atoms with van der Waals surface area (Å²) in [6.07, 6.45) is 1.82. The molecule has 0 aromatic heterocycles. The van der Waals surface area contributed by atoms with Crippen molar-refractivity contribution in [3.8, 4) is 0 Å². The van der Waals surface area contributed by atoms with Crippen molar-refractivity contribution in [3.63, 3.8) is 0 Å². The van der Waals surface area contributed by atoms with E-state index in [1.807, 2.05) is 30.3 Å². The van der Waals surface area contributed by atoms with Crippen LogP contribution in [0, 0.1) is 0 Å². The quantitative estimate of drug-likeness (QED) is 0.761. The molecule has 2 amide bonds. The van der Waals surface area contributed by atoms with Gasteiger partial charge < -0.3 is 9.80 Å². The van der Waals surface area contributed by atoms with Gasteiger partial charge in [-0.05, 0) is 11.6 Å². The first-order valence-electron chi connectivity index (χ1n) is 6.35. The highest BCUT2D eigenvalue weighted by molar-refractivity contribution is 5.93. The van der Waals surface area contributed by atoms with Gasteiger partial charge in [-0.15, -0.1) is 0 Å². The van der Waals surface area contributed by atoms with Crippen LogP contribution in [0.5, 0.6) is 0 Å². The van der Waals surface area contributed by atoms with Gasteiger partial charge in [0.05, 0.1) is 0 Å². The van der Waals surface area contributed by atoms with Crippen molar-refractivity contribution in [2.45, 2.75) is 12.5 Å². The lowest BCUT2D eigenvalue weighted by Crippen LogP contribution is -2.58. The molecule has 2 rings (SSSR count). The van der Waals surface area contributed by atoms with Gasteiger partial charge in [0.2, 0.25) is 11.8 Å². The molecule has 0 saturated carbocycles. The van der Waals surface area contributed by atoms with Crippen LogP contribution in [-0.4, -0.2) is 47.8 Å². The molecular weight excluding hydrogens is 240 g/mol. The van der Waals surface area contributed by atoms with Crippen molar-refractivity contribution in [2.24, 2.45) is 0 Å². The smallest absolute Gasteiger partial charge is 0.246 e. The summed E-state index contributed by atoms with van der Waals surface area (Å²) in [5.74, 6) is -0.187. The number of carbonyl (C=O) groups excluding carboxylic acids is 2. The van der Waals surface area contributed by atoms with Crippen LogP contribution in [-0.2, 0) is 16.0 Å². The number of benzene rings is 1. The molecule has 1 heterocycles. The first-order valence-corrected chi connectivity index (χ1v) is 6.35. The van der Waals surface area contributed by atoms with Gasteiger partial charge in [0.15, 0.2) is 0 Å². The molecule has 1 aromatic rings. The zero-order valence-electron chi connectivity index (χ0n) is 11.1. The summed E-state index contributed by atoms with van der Waals surface area (Å²) in [5.41, 5.74) is 1.05. The van der Waals surface area contributed by atoms with Crippen molar-refractivity contribution >= 4 is 11.8 Å². The van der Waals surface area contributed by atoms with Gasteiger partial charge in [-0.3, -0.25) is 9.59 Å². The van der Waals surface area contributed by atoms with Crippen LogP contribution in [0.4, 0.5) is 0 Å². The number of piperazine rings is 1. The molecule has 4 heteroatoms. The van der Waals surface area contributed by atoms with Gasteiger partial charge in [0.25, 0.3) is 0 Å². The second-order valence-electron chi connectivity index (χ2n) is 4.70. The minimum Gasteiger partial charge on any atom is -0.342 e. The summed E-state index contributed by atoms with van der Waals surface area (Å²) >= 11 is 0. The molecule has 1 fully saturated rings. The Kier molecular flexibility index (Phi) is 4.00. The number of hydrogen-bond acceptors (Lipinski definition) is 2. The van der Waals surface area contributed by atoms with E-state index < -0.39 is 6.04 Å². The molecule has 0 aliphatic carbocycles. The molecule has 0 bridgehead atoms. The molecule has 100 valence electrons. The zero-order chi connectivity index (χ0) is 13.8. The minimum absolute atomic E-state index is 0.00898.